The van der Waals surface area contributed by atoms with Gasteiger partial charge in [0.15, 0.2) is 5.69 Å². The van der Waals surface area contributed by atoms with Crippen molar-refractivity contribution in [3.05, 3.63) is 94.4 Å². The molecule has 2 aromatic heterocycles. The Bertz CT molecular complexity index is 1530. The number of amides is 1. The smallest absolute Gasteiger partial charge is 0.299 e. The van der Waals surface area contributed by atoms with E-state index in [0.29, 0.717) is 33.8 Å². The summed E-state index contributed by atoms with van der Waals surface area (Å²) in [5.74, 6) is -0.270. The second-order valence-electron chi connectivity index (χ2n) is 7.29. The number of carbonyl (C=O) groups excluding carboxylic acids is 1. The zero-order valence-corrected chi connectivity index (χ0v) is 17.5. The fourth-order valence-electron chi connectivity index (χ4n) is 3.32. The lowest BCUT2D eigenvalue weighted by molar-refractivity contribution is 0.102. The minimum Gasteiger partial charge on any atom is -0.322 e. The molecular formula is C23H18N8O2. The molecule has 0 saturated heterocycles. The molecule has 162 valence electrons. The van der Waals surface area contributed by atoms with Gasteiger partial charge in [0, 0.05) is 11.3 Å². The number of para-hydroxylation sites is 1. The fourth-order valence-corrected chi connectivity index (χ4v) is 3.32. The molecule has 10 heteroatoms. The van der Waals surface area contributed by atoms with Gasteiger partial charge in [0.1, 0.15) is 11.0 Å². The van der Waals surface area contributed by atoms with Gasteiger partial charge in [0.05, 0.1) is 17.1 Å². The lowest BCUT2D eigenvalue weighted by Gasteiger charge is -2.05. The molecule has 0 aliphatic carbocycles. The predicted octanol–water partition coefficient (Wildman–Crippen LogP) is 4.41. The number of anilines is 1. The standard InChI is InChI=1S/C23H18N8O2/c1-14-21(23(33)31(29-14)18-5-3-2-4-6-18)28-25-16-9-7-15(8-10-16)22(32)24-17-11-12-19-20(13-17)27-30-26-19/h2-13,29H,1H3,(H,24,32)(H,26,27,30). The van der Waals surface area contributed by atoms with Gasteiger partial charge in [-0.3, -0.25) is 14.7 Å². The van der Waals surface area contributed by atoms with Gasteiger partial charge in [-0.1, -0.05) is 18.2 Å². The monoisotopic (exact) mass is 438 g/mol. The van der Waals surface area contributed by atoms with Crippen molar-refractivity contribution in [2.45, 2.75) is 6.92 Å². The van der Waals surface area contributed by atoms with Crippen LogP contribution in [-0.4, -0.2) is 31.1 Å². The van der Waals surface area contributed by atoms with Crippen molar-refractivity contribution in [1.82, 2.24) is 25.2 Å². The maximum Gasteiger partial charge on any atom is 0.299 e. The third-order valence-corrected chi connectivity index (χ3v) is 5.02. The van der Waals surface area contributed by atoms with E-state index in [1.807, 2.05) is 30.3 Å². The molecule has 3 N–H and O–H groups in total. The maximum absolute atomic E-state index is 12.7. The summed E-state index contributed by atoms with van der Waals surface area (Å²) in [6.07, 6.45) is 0. The molecule has 0 unspecified atom stereocenters. The number of rotatable bonds is 5. The van der Waals surface area contributed by atoms with Crippen LogP contribution >= 0.6 is 0 Å². The lowest BCUT2D eigenvalue weighted by atomic mass is 10.2. The van der Waals surface area contributed by atoms with Gasteiger partial charge in [-0.15, -0.1) is 5.11 Å². The van der Waals surface area contributed by atoms with Crippen LogP contribution in [-0.2, 0) is 0 Å². The Morgan fingerprint density at radius 3 is 2.48 bits per heavy atom. The summed E-state index contributed by atoms with van der Waals surface area (Å²) in [6, 6.07) is 21.1. The summed E-state index contributed by atoms with van der Waals surface area (Å²) in [4.78, 5) is 25.3. The van der Waals surface area contributed by atoms with E-state index >= 15 is 0 Å². The number of aryl methyl sites for hydroxylation is 1. The van der Waals surface area contributed by atoms with Crippen molar-refractivity contribution >= 4 is 34.0 Å². The quantitative estimate of drug-likeness (QED) is 0.350. The average molecular weight is 438 g/mol. The topological polar surface area (TPSA) is 133 Å². The summed E-state index contributed by atoms with van der Waals surface area (Å²) in [5.41, 5.74) is 4.22. The van der Waals surface area contributed by atoms with Crippen LogP contribution in [0.3, 0.4) is 0 Å². The summed E-state index contributed by atoms with van der Waals surface area (Å²) >= 11 is 0. The van der Waals surface area contributed by atoms with Gasteiger partial charge in [0.2, 0.25) is 0 Å². The van der Waals surface area contributed by atoms with Gasteiger partial charge < -0.3 is 5.32 Å². The number of azo groups is 1. The van der Waals surface area contributed by atoms with Gasteiger partial charge >= 0.3 is 0 Å². The number of nitrogens with zero attached hydrogens (tertiary/aromatic N) is 5. The van der Waals surface area contributed by atoms with Crippen molar-refractivity contribution in [2.24, 2.45) is 10.2 Å². The van der Waals surface area contributed by atoms with Crippen molar-refractivity contribution in [3.8, 4) is 5.69 Å². The number of nitrogens with one attached hydrogen (secondary N) is 3. The molecule has 1 amide bonds. The molecule has 5 rings (SSSR count). The van der Waals surface area contributed by atoms with Crippen LogP contribution in [0, 0.1) is 6.92 Å². The minimum atomic E-state index is -0.289. The van der Waals surface area contributed by atoms with Crippen LogP contribution in [0.2, 0.25) is 0 Å². The molecule has 33 heavy (non-hydrogen) atoms. The molecule has 0 fully saturated rings. The van der Waals surface area contributed by atoms with Crippen LogP contribution in [0.15, 0.2) is 87.8 Å². The van der Waals surface area contributed by atoms with Gasteiger partial charge in [-0.05, 0) is 61.5 Å². The Kier molecular flexibility index (Phi) is 5.07. The predicted molar refractivity (Wildman–Crippen MR) is 124 cm³/mol. The number of benzene rings is 3. The summed E-state index contributed by atoms with van der Waals surface area (Å²) in [5, 5.41) is 24.7. The fraction of sp³-hybridized carbons (Fsp3) is 0.0435. The third-order valence-electron chi connectivity index (χ3n) is 5.02. The van der Waals surface area contributed by atoms with Crippen LogP contribution in [0.5, 0.6) is 0 Å². The lowest BCUT2D eigenvalue weighted by Crippen LogP contribution is -2.13. The molecule has 0 saturated carbocycles. The molecule has 0 aliphatic heterocycles. The first-order valence-corrected chi connectivity index (χ1v) is 10.1. The number of fused-ring (bicyclic) bond motifs is 1. The molecule has 0 bridgehead atoms. The molecule has 3 aromatic carbocycles. The van der Waals surface area contributed by atoms with E-state index in [0.717, 1.165) is 5.52 Å². The van der Waals surface area contributed by atoms with Crippen LogP contribution in [0.25, 0.3) is 16.7 Å². The van der Waals surface area contributed by atoms with E-state index < -0.39 is 0 Å². The van der Waals surface area contributed by atoms with E-state index in [2.05, 4.69) is 36.1 Å². The molecule has 5 aromatic rings. The second kappa shape index (κ2) is 8.35. The minimum absolute atomic E-state index is 0.226. The number of H-pyrrole nitrogens is 2. The first-order valence-electron chi connectivity index (χ1n) is 10.1. The molecular weight excluding hydrogens is 420 g/mol. The van der Waals surface area contributed by atoms with Crippen LogP contribution < -0.4 is 10.9 Å². The van der Waals surface area contributed by atoms with E-state index in [4.69, 9.17) is 0 Å². The third kappa shape index (κ3) is 4.04. The van der Waals surface area contributed by atoms with Crippen molar-refractivity contribution in [1.29, 1.82) is 0 Å². The molecule has 2 heterocycles. The van der Waals surface area contributed by atoms with Gasteiger partial charge in [-0.25, -0.2) is 4.68 Å². The normalized spacial score (nSPS) is 11.3. The first-order chi connectivity index (χ1) is 16.1. The second-order valence-corrected chi connectivity index (χ2v) is 7.29. The number of aromatic nitrogens is 5. The Balaban J connectivity index is 1.31. The zero-order valence-electron chi connectivity index (χ0n) is 17.5. The van der Waals surface area contributed by atoms with Crippen LogP contribution in [0.4, 0.5) is 17.1 Å². The highest BCUT2D eigenvalue weighted by atomic mass is 16.1. The highest BCUT2D eigenvalue weighted by molar-refractivity contribution is 6.05. The van der Waals surface area contributed by atoms with E-state index in [1.165, 1.54) is 4.68 Å². The van der Waals surface area contributed by atoms with Crippen molar-refractivity contribution < 1.29 is 4.79 Å². The largest absolute Gasteiger partial charge is 0.322 e. The van der Waals surface area contributed by atoms with Crippen LogP contribution in [0.1, 0.15) is 16.1 Å². The van der Waals surface area contributed by atoms with E-state index in [-0.39, 0.29) is 17.2 Å². The Morgan fingerprint density at radius 1 is 0.939 bits per heavy atom. The Labute approximate surface area is 187 Å². The van der Waals surface area contributed by atoms with Gasteiger partial charge in [0.25, 0.3) is 11.5 Å². The molecule has 0 radical (unpaired) electrons. The number of carbonyl (C=O) groups is 1. The molecule has 0 aliphatic rings. The molecule has 10 nitrogen and oxygen atoms in total. The summed E-state index contributed by atoms with van der Waals surface area (Å²) in [6.45, 7) is 1.76. The van der Waals surface area contributed by atoms with E-state index in [9.17, 15) is 9.59 Å². The molecule has 0 atom stereocenters. The number of hydrogen-bond acceptors (Lipinski definition) is 6. The van der Waals surface area contributed by atoms with Crippen molar-refractivity contribution in [3.63, 3.8) is 0 Å². The number of hydrogen-bond donors (Lipinski definition) is 3. The highest BCUT2D eigenvalue weighted by Crippen LogP contribution is 2.20. The average Bonchev–Trinajstić information content (AvgIpc) is 3.42. The van der Waals surface area contributed by atoms with E-state index in [1.54, 1.807) is 49.4 Å². The summed E-state index contributed by atoms with van der Waals surface area (Å²) < 4.78 is 1.42. The van der Waals surface area contributed by atoms with Crippen molar-refractivity contribution in [2.75, 3.05) is 5.32 Å². The SMILES string of the molecule is Cc1[nH]n(-c2ccccc2)c(=O)c1N=Nc1ccc(C(=O)Nc2ccc3n[nH]nc3c2)cc1. The highest BCUT2D eigenvalue weighted by Gasteiger charge is 2.12. The zero-order chi connectivity index (χ0) is 22.8. The molecule has 0 spiro atoms. The van der Waals surface area contributed by atoms with Gasteiger partial charge in [-0.2, -0.15) is 20.5 Å². The Hall–Kier alpha value is -4.86. The number of aromatic amines is 2. The maximum atomic E-state index is 12.7. The Morgan fingerprint density at radius 2 is 1.70 bits per heavy atom. The summed E-state index contributed by atoms with van der Waals surface area (Å²) in [7, 11) is 0. The first kappa shape index (κ1) is 20.1.